The van der Waals surface area contributed by atoms with Crippen molar-refractivity contribution in [3.8, 4) is 0 Å². The van der Waals surface area contributed by atoms with Crippen LogP contribution >= 0.6 is 0 Å². The lowest BCUT2D eigenvalue weighted by Crippen LogP contribution is -2.25. The van der Waals surface area contributed by atoms with Gasteiger partial charge in [0.05, 0.1) is 39.8 Å². The molecular formula is C28H26N2O11S3. The second-order valence-electron chi connectivity index (χ2n) is 8.84. The summed E-state index contributed by atoms with van der Waals surface area (Å²) in [6.07, 6.45) is 7.07. The van der Waals surface area contributed by atoms with Gasteiger partial charge in [0, 0.05) is 16.8 Å². The first-order valence-corrected chi connectivity index (χ1v) is 16.7. The predicted molar refractivity (Wildman–Crippen MR) is 163 cm³/mol. The summed E-state index contributed by atoms with van der Waals surface area (Å²) in [6, 6.07) is 11.6. The number of nitrogen functional groups attached to an aromatic ring is 1. The van der Waals surface area contributed by atoms with E-state index in [0.717, 1.165) is 12.1 Å². The zero-order valence-corrected chi connectivity index (χ0v) is 25.2. The van der Waals surface area contributed by atoms with Crippen LogP contribution in [0.5, 0.6) is 0 Å². The summed E-state index contributed by atoms with van der Waals surface area (Å²) >= 11 is 0. The zero-order chi connectivity index (χ0) is 32.9. The molecule has 0 saturated carbocycles. The number of hydrogen-bond acceptors (Lipinski definition) is 11. The number of nitrogens with one attached hydrogen (secondary N) is 1. The molecule has 232 valence electrons. The van der Waals surface area contributed by atoms with Crippen molar-refractivity contribution in [1.82, 2.24) is 0 Å². The maximum atomic E-state index is 13.4. The van der Waals surface area contributed by atoms with Crippen molar-refractivity contribution >= 4 is 59.0 Å². The normalized spacial score (nSPS) is 13.0. The fraction of sp³-hybridized carbons (Fsp3) is 0.0714. The second kappa shape index (κ2) is 13.5. The standard InChI is InChI=1S/C22H18N2O11S3.C6H8/c23-20-17(37(29,30)31)11-16(18-19(20)22(26)15-7-2-1-6-14(15)21(18)25)24-12-4-3-5-13(10-12)36(27,28)9-8-35-38(32,33)34;1-3-5-6-4-2/h1-7,10-11,24H,8-9,23H2,(H,29,30,31)(H,32,33,34);3-6H,1-2H2/b;6-5-. The summed E-state index contributed by atoms with van der Waals surface area (Å²) in [6.45, 7) is 6.06. The zero-order valence-electron chi connectivity index (χ0n) is 22.7. The first kappa shape index (κ1) is 34.0. The molecule has 0 saturated heterocycles. The number of rotatable bonds is 10. The smallest absolute Gasteiger partial charge is 0.397 e. The summed E-state index contributed by atoms with van der Waals surface area (Å²) in [5.74, 6) is -2.24. The summed E-state index contributed by atoms with van der Waals surface area (Å²) in [4.78, 5) is 25.4. The molecule has 0 radical (unpaired) electrons. The molecule has 44 heavy (non-hydrogen) atoms. The summed E-state index contributed by atoms with van der Waals surface area (Å²) in [7, 11) is -13.9. The van der Waals surface area contributed by atoms with Crippen molar-refractivity contribution in [3.05, 3.63) is 114 Å². The van der Waals surface area contributed by atoms with Gasteiger partial charge in [0.2, 0.25) is 0 Å². The van der Waals surface area contributed by atoms with Gasteiger partial charge in [-0.15, -0.1) is 0 Å². The number of fused-ring (bicyclic) bond motifs is 2. The molecule has 5 N–H and O–H groups in total. The number of benzene rings is 3. The third kappa shape index (κ3) is 7.93. The van der Waals surface area contributed by atoms with Crippen LogP contribution in [0.3, 0.4) is 0 Å². The van der Waals surface area contributed by atoms with Gasteiger partial charge >= 0.3 is 10.4 Å². The highest BCUT2D eigenvalue weighted by Gasteiger charge is 2.36. The molecule has 0 aromatic heterocycles. The second-order valence-corrected chi connectivity index (χ2v) is 13.4. The Kier molecular flexibility index (Phi) is 10.4. The van der Waals surface area contributed by atoms with E-state index in [-0.39, 0.29) is 33.0 Å². The topological polar surface area (TPSA) is 224 Å². The van der Waals surface area contributed by atoms with Gasteiger partial charge < -0.3 is 11.1 Å². The highest BCUT2D eigenvalue weighted by molar-refractivity contribution is 7.91. The van der Waals surface area contributed by atoms with E-state index in [2.05, 4.69) is 22.7 Å². The predicted octanol–water partition coefficient (Wildman–Crippen LogP) is 3.54. The van der Waals surface area contributed by atoms with Crippen LogP contribution in [0.1, 0.15) is 31.8 Å². The minimum absolute atomic E-state index is 0.0182. The molecule has 0 atom stereocenters. The van der Waals surface area contributed by atoms with Crippen molar-refractivity contribution in [1.29, 1.82) is 0 Å². The van der Waals surface area contributed by atoms with Gasteiger partial charge in [-0.25, -0.2) is 12.6 Å². The van der Waals surface area contributed by atoms with Crippen LogP contribution < -0.4 is 11.1 Å². The highest BCUT2D eigenvalue weighted by atomic mass is 32.3. The number of allylic oxidation sites excluding steroid dienone is 4. The number of hydrogen-bond donors (Lipinski definition) is 4. The Hall–Kier alpha value is -4.45. The molecule has 13 nitrogen and oxygen atoms in total. The van der Waals surface area contributed by atoms with Gasteiger partial charge in [-0.2, -0.15) is 16.8 Å². The highest BCUT2D eigenvalue weighted by Crippen LogP contribution is 2.40. The first-order chi connectivity index (χ1) is 20.5. The van der Waals surface area contributed by atoms with Gasteiger partial charge in [-0.05, 0) is 24.3 Å². The maximum Gasteiger partial charge on any atom is 0.397 e. The lowest BCUT2D eigenvalue weighted by molar-refractivity contribution is 0.0980. The molecule has 0 aliphatic heterocycles. The fourth-order valence-electron chi connectivity index (χ4n) is 4.05. The maximum absolute atomic E-state index is 13.4. The minimum atomic E-state index is -4.96. The Labute approximate surface area is 254 Å². The van der Waals surface area contributed by atoms with Crippen molar-refractivity contribution in [2.24, 2.45) is 0 Å². The van der Waals surface area contributed by atoms with E-state index in [9.17, 15) is 39.4 Å². The van der Waals surface area contributed by atoms with Crippen LogP contribution in [0, 0.1) is 0 Å². The van der Waals surface area contributed by atoms with Gasteiger partial charge in [-0.1, -0.05) is 67.8 Å². The molecule has 3 aromatic rings. The Balaban J connectivity index is 0.000000801. The third-order valence-electron chi connectivity index (χ3n) is 5.92. The molecule has 0 amide bonds. The van der Waals surface area contributed by atoms with Crippen LogP contribution in [0.2, 0.25) is 0 Å². The largest absolute Gasteiger partial charge is 0.397 e. The summed E-state index contributed by atoms with van der Waals surface area (Å²) in [5, 5.41) is 2.71. The molecular weight excluding hydrogens is 637 g/mol. The molecule has 0 bridgehead atoms. The van der Waals surface area contributed by atoms with Crippen LogP contribution in [-0.4, -0.2) is 58.3 Å². The molecule has 0 heterocycles. The number of nitrogens with two attached hydrogens (primary N) is 1. The molecule has 1 aliphatic rings. The van der Waals surface area contributed by atoms with Gasteiger partial charge in [0.1, 0.15) is 4.90 Å². The fourth-order valence-corrected chi connectivity index (χ4v) is 6.23. The van der Waals surface area contributed by atoms with E-state index >= 15 is 0 Å². The molecule has 4 rings (SSSR count). The van der Waals surface area contributed by atoms with Crippen LogP contribution in [0.15, 0.2) is 102 Å². The van der Waals surface area contributed by atoms with E-state index in [1.54, 1.807) is 12.2 Å². The third-order valence-corrected chi connectivity index (χ3v) is 8.95. The molecule has 1 aliphatic carbocycles. The lowest BCUT2D eigenvalue weighted by Gasteiger charge is -2.23. The van der Waals surface area contributed by atoms with E-state index in [4.69, 9.17) is 10.3 Å². The van der Waals surface area contributed by atoms with Crippen LogP contribution in [0.4, 0.5) is 17.1 Å². The van der Waals surface area contributed by atoms with Crippen molar-refractivity contribution in [3.63, 3.8) is 0 Å². The Morgan fingerprint density at radius 1 is 0.818 bits per heavy atom. The Bertz CT molecular complexity index is 2010. The van der Waals surface area contributed by atoms with Gasteiger partial charge in [-0.3, -0.25) is 18.7 Å². The number of carbonyl (C=O) groups is 2. The van der Waals surface area contributed by atoms with E-state index in [0.29, 0.717) is 0 Å². The van der Waals surface area contributed by atoms with Crippen LogP contribution in [0.25, 0.3) is 0 Å². The van der Waals surface area contributed by atoms with Crippen molar-refractivity contribution < 1.29 is 48.1 Å². The first-order valence-electron chi connectivity index (χ1n) is 12.3. The van der Waals surface area contributed by atoms with E-state index in [1.165, 1.54) is 42.5 Å². The van der Waals surface area contributed by atoms with E-state index in [1.807, 2.05) is 12.2 Å². The minimum Gasteiger partial charge on any atom is -0.397 e. The molecule has 16 heteroatoms. The van der Waals surface area contributed by atoms with Gasteiger partial charge in [0.15, 0.2) is 21.4 Å². The number of carbonyl (C=O) groups excluding carboxylic acids is 2. The molecule has 0 spiro atoms. The lowest BCUT2D eigenvalue weighted by atomic mass is 9.82. The number of anilines is 3. The van der Waals surface area contributed by atoms with Crippen molar-refractivity contribution in [2.45, 2.75) is 9.79 Å². The quantitative estimate of drug-likeness (QED) is 0.108. The monoisotopic (exact) mass is 662 g/mol. The molecule has 0 unspecified atom stereocenters. The van der Waals surface area contributed by atoms with Crippen LogP contribution in [-0.2, 0) is 34.5 Å². The summed E-state index contributed by atoms with van der Waals surface area (Å²) in [5.41, 5.74) is 4.35. The Morgan fingerprint density at radius 3 is 1.91 bits per heavy atom. The summed E-state index contributed by atoms with van der Waals surface area (Å²) < 4.78 is 93.0. The number of ketones is 2. The molecule has 0 fully saturated rings. The average molecular weight is 663 g/mol. The van der Waals surface area contributed by atoms with Crippen molar-refractivity contribution in [2.75, 3.05) is 23.4 Å². The average Bonchev–Trinajstić information content (AvgIpc) is 2.94. The number of sulfone groups is 1. The SMILES string of the molecule is C=C/C=C\C=C.Nc1c(S(=O)(=O)O)cc(Nc2cccc(S(=O)(=O)CCOS(=O)(=O)O)c2)c2c1C(=O)c1ccccc1C2=O. The van der Waals surface area contributed by atoms with Gasteiger partial charge in [0.25, 0.3) is 10.1 Å². The van der Waals surface area contributed by atoms with E-state index < -0.39 is 70.4 Å². The molecule has 3 aromatic carbocycles. The Morgan fingerprint density at radius 2 is 1.39 bits per heavy atom.